The fourth-order valence-corrected chi connectivity index (χ4v) is 3.14. The normalized spacial score (nSPS) is 25.9. The SMILES string of the molecule is CN1CCC(C(N)=O)C1c1ccc2c(c1)NCC=C2. The smallest absolute Gasteiger partial charge is 0.222 e. The van der Waals surface area contributed by atoms with Crippen LogP contribution in [-0.4, -0.2) is 30.9 Å². The Morgan fingerprint density at radius 1 is 1.47 bits per heavy atom. The van der Waals surface area contributed by atoms with Crippen LogP contribution in [0.3, 0.4) is 0 Å². The van der Waals surface area contributed by atoms with Crippen molar-refractivity contribution in [3.05, 3.63) is 35.4 Å². The van der Waals surface area contributed by atoms with Crippen LogP contribution in [0.15, 0.2) is 24.3 Å². The van der Waals surface area contributed by atoms with Crippen molar-refractivity contribution in [1.82, 2.24) is 4.90 Å². The molecule has 3 rings (SSSR count). The molecule has 19 heavy (non-hydrogen) atoms. The molecule has 2 unspecified atom stereocenters. The van der Waals surface area contributed by atoms with Crippen LogP contribution in [0, 0.1) is 5.92 Å². The summed E-state index contributed by atoms with van der Waals surface area (Å²) in [5, 5.41) is 3.36. The van der Waals surface area contributed by atoms with Gasteiger partial charge in [0.05, 0.1) is 5.92 Å². The maximum atomic E-state index is 11.6. The van der Waals surface area contributed by atoms with Gasteiger partial charge in [-0.3, -0.25) is 9.69 Å². The first-order valence-corrected chi connectivity index (χ1v) is 6.71. The van der Waals surface area contributed by atoms with Gasteiger partial charge in [-0.05, 0) is 37.2 Å². The number of carbonyl (C=O) groups excluding carboxylic acids is 1. The van der Waals surface area contributed by atoms with Crippen molar-refractivity contribution in [1.29, 1.82) is 0 Å². The third kappa shape index (κ3) is 2.12. The minimum Gasteiger partial charge on any atom is -0.381 e. The minimum atomic E-state index is -0.195. The average molecular weight is 257 g/mol. The summed E-state index contributed by atoms with van der Waals surface area (Å²) in [7, 11) is 2.06. The third-order valence-corrected chi connectivity index (χ3v) is 4.14. The summed E-state index contributed by atoms with van der Waals surface area (Å²) >= 11 is 0. The number of carbonyl (C=O) groups is 1. The second-order valence-electron chi connectivity index (χ2n) is 5.35. The Morgan fingerprint density at radius 2 is 2.32 bits per heavy atom. The highest BCUT2D eigenvalue weighted by molar-refractivity contribution is 5.78. The quantitative estimate of drug-likeness (QED) is 0.846. The van der Waals surface area contributed by atoms with E-state index in [-0.39, 0.29) is 17.9 Å². The molecule has 0 aliphatic carbocycles. The van der Waals surface area contributed by atoms with Gasteiger partial charge in [-0.25, -0.2) is 0 Å². The number of hydrogen-bond donors (Lipinski definition) is 2. The van der Waals surface area contributed by atoms with Crippen molar-refractivity contribution in [2.75, 3.05) is 25.5 Å². The predicted octanol–water partition coefficient (Wildman–Crippen LogP) is 1.60. The Hall–Kier alpha value is -1.81. The molecule has 1 fully saturated rings. The van der Waals surface area contributed by atoms with Gasteiger partial charge in [0.1, 0.15) is 0 Å². The molecule has 0 saturated carbocycles. The molecular formula is C15H19N3O. The Balaban J connectivity index is 1.96. The minimum absolute atomic E-state index is 0.0813. The summed E-state index contributed by atoms with van der Waals surface area (Å²) < 4.78 is 0. The van der Waals surface area contributed by atoms with E-state index < -0.39 is 0 Å². The van der Waals surface area contributed by atoms with E-state index in [1.54, 1.807) is 0 Å². The van der Waals surface area contributed by atoms with E-state index >= 15 is 0 Å². The number of nitrogens with zero attached hydrogens (tertiary/aromatic N) is 1. The van der Waals surface area contributed by atoms with Crippen LogP contribution >= 0.6 is 0 Å². The number of anilines is 1. The van der Waals surface area contributed by atoms with Gasteiger partial charge in [0, 0.05) is 18.3 Å². The van der Waals surface area contributed by atoms with Gasteiger partial charge in [-0.2, -0.15) is 0 Å². The monoisotopic (exact) mass is 257 g/mol. The van der Waals surface area contributed by atoms with Gasteiger partial charge < -0.3 is 11.1 Å². The number of nitrogens with one attached hydrogen (secondary N) is 1. The molecule has 2 heterocycles. The predicted molar refractivity (Wildman–Crippen MR) is 76.6 cm³/mol. The molecule has 3 N–H and O–H groups in total. The first kappa shape index (κ1) is 12.2. The lowest BCUT2D eigenvalue weighted by Gasteiger charge is -2.25. The summed E-state index contributed by atoms with van der Waals surface area (Å²) in [5.74, 6) is -0.276. The standard InChI is InChI=1S/C15H19N3O/c1-18-8-6-12(15(16)19)14(18)11-5-4-10-3-2-7-17-13(10)9-11/h2-5,9,12,14,17H,6-8H2,1H3,(H2,16,19). The average Bonchev–Trinajstić information content (AvgIpc) is 2.80. The van der Waals surface area contributed by atoms with Gasteiger partial charge in [-0.15, -0.1) is 0 Å². The maximum Gasteiger partial charge on any atom is 0.222 e. The van der Waals surface area contributed by atoms with Gasteiger partial charge in [-0.1, -0.05) is 24.3 Å². The fraction of sp³-hybridized carbons (Fsp3) is 0.400. The molecule has 2 aliphatic heterocycles. The number of primary amides is 1. The molecule has 4 nitrogen and oxygen atoms in total. The van der Waals surface area contributed by atoms with Crippen LogP contribution in [0.1, 0.15) is 23.6 Å². The van der Waals surface area contributed by atoms with E-state index in [0.29, 0.717) is 0 Å². The lowest BCUT2D eigenvalue weighted by Crippen LogP contribution is -2.29. The van der Waals surface area contributed by atoms with Gasteiger partial charge in [0.15, 0.2) is 0 Å². The zero-order chi connectivity index (χ0) is 13.4. The second kappa shape index (κ2) is 4.70. The highest BCUT2D eigenvalue weighted by Gasteiger charge is 2.36. The molecule has 0 bridgehead atoms. The van der Waals surface area contributed by atoms with Gasteiger partial charge >= 0.3 is 0 Å². The molecule has 4 heteroatoms. The highest BCUT2D eigenvalue weighted by atomic mass is 16.1. The van der Waals surface area contributed by atoms with Gasteiger partial charge in [0.2, 0.25) is 5.91 Å². The van der Waals surface area contributed by atoms with E-state index in [1.807, 2.05) is 0 Å². The van der Waals surface area contributed by atoms with Crippen molar-refractivity contribution >= 4 is 17.7 Å². The second-order valence-corrected chi connectivity index (χ2v) is 5.35. The number of fused-ring (bicyclic) bond motifs is 1. The zero-order valence-electron chi connectivity index (χ0n) is 11.1. The summed E-state index contributed by atoms with van der Waals surface area (Å²) in [5.41, 5.74) is 9.05. The van der Waals surface area contributed by atoms with Crippen LogP contribution in [0.2, 0.25) is 0 Å². The lowest BCUT2D eigenvalue weighted by molar-refractivity contribution is -0.122. The van der Waals surface area contributed by atoms with E-state index in [2.05, 4.69) is 47.6 Å². The number of likely N-dealkylation sites (tertiary alicyclic amines) is 1. The van der Waals surface area contributed by atoms with Gasteiger partial charge in [0.25, 0.3) is 0 Å². The van der Waals surface area contributed by atoms with Crippen molar-refractivity contribution < 1.29 is 4.79 Å². The van der Waals surface area contributed by atoms with Crippen LogP contribution in [-0.2, 0) is 4.79 Å². The topological polar surface area (TPSA) is 58.4 Å². The van der Waals surface area contributed by atoms with Crippen LogP contribution in [0.5, 0.6) is 0 Å². The molecule has 2 atom stereocenters. The Morgan fingerprint density at radius 3 is 3.11 bits per heavy atom. The van der Waals surface area contributed by atoms with Crippen LogP contribution in [0.4, 0.5) is 5.69 Å². The van der Waals surface area contributed by atoms with E-state index in [1.165, 1.54) is 11.1 Å². The van der Waals surface area contributed by atoms with Crippen molar-refractivity contribution in [2.24, 2.45) is 11.7 Å². The molecule has 2 aliphatic rings. The highest BCUT2D eigenvalue weighted by Crippen LogP contribution is 2.37. The summed E-state index contributed by atoms with van der Waals surface area (Å²) in [4.78, 5) is 13.8. The number of nitrogens with two attached hydrogens (primary N) is 1. The van der Waals surface area contributed by atoms with E-state index in [9.17, 15) is 4.79 Å². The van der Waals surface area contributed by atoms with Crippen molar-refractivity contribution in [2.45, 2.75) is 12.5 Å². The number of hydrogen-bond acceptors (Lipinski definition) is 3. The van der Waals surface area contributed by atoms with Crippen LogP contribution < -0.4 is 11.1 Å². The number of rotatable bonds is 2. The largest absolute Gasteiger partial charge is 0.381 e. The van der Waals surface area contributed by atoms with E-state index in [0.717, 1.165) is 25.2 Å². The third-order valence-electron chi connectivity index (χ3n) is 4.14. The zero-order valence-corrected chi connectivity index (χ0v) is 11.1. The Labute approximate surface area is 113 Å². The molecule has 1 amide bonds. The molecule has 0 spiro atoms. The molecule has 0 radical (unpaired) electrons. The fourth-order valence-electron chi connectivity index (χ4n) is 3.14. The lowest BCUT2D eigenvalue weighted by atomic mass is 9.91. The van der Waals surface area contributed by atoms with Crippen LogP contribution in [0.25, 0.3) is 6.08 Å². The molecule has 100 valence electrons. The number of amides is 1. The first-order chi connectivity index (χ1) is 9.16. The molecular weight excluding hydrogens is 238 g/mol. The Kier molecular flexibility index (Phi) is 3.03. The van der Waals surface area contributed by atoms with Crippen molar-refractivity contribution in [3.8, 4) is 0 Å². The molecule has 1 aromatic rings. The molecule has 1 saturated heterocycles. The molecule has 1 aromatic carbocycles. The van der Waals surface area contributed by atoms with E-state index in [4.69, 9.17) is 5.73 Å². The molecule has 0 aromatic heterocycles. The summed E-state index contributed by atoms with van der Waals surface area (Å²) in [6, 6.07) is 6.48. The summed E-state index contributed by atoms with van der Waals surface area (Å²) in [6.45, 7) is 1.78. The summed E-state index contributed by atoms with van der Waals surface area (Å²) in [6.07, 6.45) is 5.08. The first-order valence-electron chi connectivity index (χ1n) is 6.71. The Bertz CT molecular complexity index is 538. The van der Waals surface area contributed by atoms with Crippen molar-refractivity contribution in [3.63, 3.8) is 0 Å². The number of benzene rings is 1. The maximum absolute atomic E-state index is 11.6.